The van der Waals surface area contributed by atoms with E-state index in [0.29, 0.717) is 5.56 Å². The van der Waals surface area contributed by atoms with E-state index in [1.54, 1.807) is 6.07 Å². The molecule has 0 aliphatic heterocycles. The number of halogens is 1. The van der Waals surface area contributed by atoms with E-state index >= 15 is 0 Å². The van der Waals surface area contributed by atoms with Gasteiger partial charge in [-0.05, 0) is 38.1 Å². The number of nitrogens with one attached hydrogen (secondary N) is 1. The van der Waals surface area contributed by atoms with Crippen LogP contribution in [-0.2, 0) is 13.2 Å². The Hall–Kier alpha value is -2.92. The highest BCUT2D eigenvalue weighted by Crippen LogP contribution is 2.36. The van der Waals surface area contributed by atoms with Crippen molar-refractivity contribution in [1.82, 2.24) is 30.6 Å². The molecule has 0 aliphatic rings. The van der Waals surface area contributed by atoms with Crippen LogP contribution in [0.5, 0.6) is 11.5 Å². The summed E-state index contributed by atoms with van der Waals surface area (Å²) in [7, 11) is 0. The Labute approximate surface area is 173 Å². The van der Waals surface area contributed by atoms with Crippen molar-refractivity contribution in [1.29, 1.82) is 0 Å². The van der Waals surface area contributed by atoms with E-state index in [2.05, 4.69) is 30.6 Å². The third-order valence-corrected chi connectivity index (χ3v) is 5.87. The van der Waals surface area contributed by atoms with Gasteiger partial charge in [-0.1, -0.05) is 0 Å². The van der Waals surface area contributed by atoms with Gasteiger partial charge in [-0.3, -0.25) is 0 Å². The maximum atomic E-state index is 14.9. The first kappa shape index (κ1) is 19.4. The molecule has 0 aliphatic carbocycles. The number of aromatic amines is 1. The van der Waals surface area contributed by atoms with Crippen LogP contribution in [0.2, 0.25) is 0 Å². The Balaban J connectivity index is 1.63. The standard InChI is InChI=1S/C18H17FN6O2S2/c1-9-16(29-11(3)20-9)7-26-15-5-12(18-22-24-25-23-18)4-14(19)17(15)27-6-13-8-28-10(2)21-13/h4-5,8H,6-7H2,1-3H3,(H,22,23,24,25). The lowest BCUT2D eigenvalue weighted by Crippen LogP contribution is -2.03. The quantitative estimate of drug-likeness (QED) is 0.471. The van der Waals surface area contributed by atoms with Crippen LogP contribution in [0.3, 0.4) is 0 Å². The highest BCUT2D eigenvalue weighted by atomic mass is 32.1. The number of thiazole rings is 2. The van der Waals surface area contributed by atoms with Gasteiger partial charge in [0.2, 0.25) is 5.82 Å². The maximum Gasteiger partial charge on any atom is 0.204 e. The second-order valence-electron chi connectivity index (χ2n) is 6.20. The number of H-pyrrole nitrogens is 1. The van der Waals surface area contributed by atoms with Crippen LogP contribution in [0.1, 0.15) is 26.3 Å². The third-order valence-electron chi connectivity index (χ3n) is 4.00. The van der Waals surface area contributed by atoms with Crippen LogP contribution in [-0.4, -0.2) is 30.6 Å². The lowest BCUT2D eigenvalue weighted by atomic mass is 10.2. The topological polar surface area (TPSA) is 98.7 Å². The zero-order valence-corrected chi connectivity index (χ0v) is 17.5. The third kappa shape index (κ3) is 4.40. The van der Waals surface area contributed by atoms with Crippen molar-refractivity contribution >= 4 is 22.7 Å². The summed E-state index contributed by atoms with van der Waals surface area (Å²) in [5.41, 5.74) is 2.05. The minimum Gasteiger partial charge on any atom is -0.484 e. The van der Waals surface area contributed by atoms with Gasteiger partial charge in [0, 0.05) is 10.9 Å². The summed E-state index contributed by atoms with van der Waals surface area (Å²) in [6, 6.07) is 2.93. The molecule has 29 heavy (non-hydrogen) atoms. The average Bonchev–Trinajstić information content (AvgIpc) is 3.41. The van der Waals surface area contributed by atoms with Crippen molar-refractivity contribution in [2.24, 2.45) is 0 Å². The van der Waals surface area contributed by atoms with E-state index in [-0.39, 0.29) is 30.5 Å². The van der Waals surface area contributed by atoms with Crippen LogP contribution < -0.4 is 9.47 Å². The summed E-state index contributed by atoms with van der Waals surface area (Å²) >= 11 is 3.05. The highest BCUT2D eigenvalue weighted by molar-refractivity contribution is 7.11. The second-order valence-corrected chi connectivity index (χ2v) is 8.55. The Kier molecular flexibility index (Phi) is 5.49. The van der Waals surface area contributed by atoms with Gasteiger partial charge in [0.05, 0.1) is 26.3 Å². The van der Waals surface area contributed by atoms with Crippen molar-refractivity contribution < 1.29 is 13.9 Å². The molecule has 4 rings (SSSR count). The number of rotatable bonds is 7. The number of aryl methyl sites for hydroxylation is 3. The van der Waals surface area contributed by atoms with Crippen LogP contribution in [0.4, 0.5) is 4.39 Å². The normalized spacial score (nSPS) is 11.0. The van der Waals surface area contributed by atoms with Crippen molar-refractivity contribution in [2.75, 3.05) is 0 Å². The molecule has 0 atom stereocenters. The molecule has 0 spiro atoms. The minimum atomic E-state index is -0.577. The maximum absolute atomic E-state index is 14.9. The summed E-state index contributed by atoms with van der Waals surface area (Å²) in [5.74, 6) is -0.0457. The van der Waals surface area contributed by atoms with Gasteiger partial charge in [0.25, 0.3) is 0 Å². The van der Waals surface area contributed by atoms with E-state index in [4.69, 9.17) is 9.47 Å². The van der Waals surface area contributed by atoms with Gasteiger partial charge in [0.1, 0.15) is 13.2 Å². The van der Waals surface area contributed by atoms with E-state index in [1.165, 1.54) is 28.7 Å². The summed E-state index contributed by atoms with van der Waals surface area (Å²) < 4.78 is 26.6. The van der Waals surface area contributed by atoms with E-state index in [1.807, 2.05) is 26.2 Å². The molecule has 0 saturated carbocycles. The number of benzene rings is 1. The predicted octanol–water partition coefficient (Wildman–Crippen LogP) is 4.00. The molecule has 4 aromatic rings. The smallest absolute Gasteiger partial charge is 0.204 e. The van der Waals surface area contributed by atoms with Crippen LogP contribution in [0, 0.1) is 26.6 Å². The monoisotopic (exact) mass is 432 g/mol. The summed E-state index contributed by atoms with van der Waals surface area (Å²) in [5, 5.41) is 17.4. The number of hydrogen-bond acceptors (Lipinski definition) is 9. The predicted molar refractivity (Wildman–Crippen MR) is 107 cm³/mol. The number of aromatic nitrogens is 6. The molecule has 0 unspecified atom stereocenters. The highest BCUT2D eigenvalue weighted by Gasteiger charge is 2.18. The lowest BCUT2D eigenvalue weighted by molar-refractivity contribution is 0.244. The van der Waals surface area contributed by atoms with Crippen molar-refractivity contribution in [3.8, 4) is 22.9 Å². The summed E-state index contributed by atoms with van der Waals surface area (Å²) in [6.45, 7) is 6.14. The van der Waals surface area contributed by atoms with Gasteiger partial charge in [-0.25, -0.2) is 14.4 Å². The molecule has 11 heteroatoms. The number of ether oxygens (including phenoxy) is 2. The largest absolute Gasteiger partial charge is 0.484 e. The van der Waals surface area contributed by atoms with E-state index < -0.39 is 5.82 Å². The van der Waals surface area contributed by atoms with Gasteiger partial charge < -0.3 is 9.47 Å². The fourth-order valence-electron chi connectivity index (χ4n) is 2.70. The van der Waals surface area contributed by atoms with Crippen molar-refractivity contribution in [3.05, 3.63) is 49.6 Å². The first-order valence-electron chi connectivity index (χ1n) is 8.66. The minimum absolute atomic E-state index is 0.0155. The molecule has 8 nitrogen and oxygen atoms in total. The first-order valence-corrected chi connectivity index (χ1v) is 10.4. The van der Waals surface area contributed by atoms with Gasteiger partial charge in [0.15, 0.2) is 17.3 Å². The molecule has 150 valence electrons. The number of nitrogens with zero attached hydrogens (tertiary/aromatic N) is 5. The molecule has 1 N–H and O–H groups in total. The van der Waals surface area contributed by atoms with Crippen LogP contribution >= 0.6 is 22.7 Å². The SMILES string of the molecule is Cc1nc(COc2c(F)cc(-c3nn[nH]n3)cc2OCc2sc(C)nc2C)cs1. The molecule has 3 aromatic heterocycles. The van der Waals surface area contributed by atoms with E-state index in [0.717, 1.165) is 26.3 Å². The van der Waals surface area contributed by atoms with Crippen molar-refractivity contribution in [2.45, 2.75) is 34.0 Å². The molecule has 1 aromatic carbocycles. The fourth-order valence-corrected chi connectivity index (χ4v) is 4.15. The molecular weight excluding hydrogens is 415 g/mol. The molecule has 3 heterocycles. The molecule has 0 fully saturated rings. The Morgan fingerprint density at radius 3 is 2.59 bits per heavy atom. The van der Waals surface area contributed by atoms with Crippen LogP contribution in [0.25, 0.3) is 11.4 Å². The van der Waals surface area contributed by atoms with Crippen LogP contribution in [0.15, 0.2) is 17.5 Å². The number of hydrogen-bond donors (Lipinski definition) is 1. The Morgan fingerprint density at radius 1 is 1.07 bits per heavy atom. The Bertz CT molecular complexity index is 1130. The van der Waals surface area contributed by atoms with Gasteiger partial charge in [-0.2, -0.15) is 5.21 Å². The zero-order valence-electron chi connectivity index (χ0n) is 15.9. The Morgan fingerprint density at radius 2 is 1.93 bits per heavy atom. The summed E-state index contributed by atoms with van der Waals surface area (Å²) in [4.78, 5) is 9.70. The first-order chi connectivity index (χ1) is 14.0. The molecular formula is C18H17FN6O2S2. The number of tetrazole rings is 1. The molecule has 0 saturated heterocycles. The van der Waals surface area contributed by atoms with Crippen molar-refractivity contribution in [3.63, 3.8) is 0 Å². The second kappa shape index (κ2) is 8.21. The van der Waals surface area contributed by atoms with E-state index in [9.17, 15) is 4.39 Å². The summed E-state index contributed by atoms with van der Waals surface area (Å²) in [6.07, 6.45) is 0. The van der Waals surface area contributed by atoms with Gasteiger partial charge in [-0.15, -0.1) is 32.9 Å². The fraction of sp³-hybridized carbons (Fsp3) is 0.278. The molecule has 0 bridgehead atoms. The van der Waals surface area contributed by atoms with Gasteiger partial charge >= 0.3 is 0 Å². The zero-order chi connectivity index (χ0) is 20.4. The lowest BCUT2D eigenvalue weighted by Gasteiger charge is -2.14. The molecule has 0 amide bonds. The molecule has 0 radical (unpaired) electrons. The average molecular weight is 433 g/mol.